The van der Waals surface area contributed by atoms with Gasteiger partial charge in [0, 0.05) is 24.2 Å². The van der Waals surface area contributed by atoms with Crippen molar-refractivity contribution in [1.29, 1.82) is 0 Å². The van der Waals surface area contributed by atoms with Gasteiger partial charge in [-0.15, -0.1) is 0 Å². The fourth-order valence-electron chi connectivity index (χ4n) is 3.58. The molecule has 1 aromatic rings. The third kappa shape index (κ3) is 4.71. The van der Waals surface area contributed by atoms with E-state index in [1.807, 2.05) is 0 Å². The van der Waals surface area contributed by atoms with Gasteiger partial charge in [-0.05, 0) is 44.6 Å². The number of nitrogens with zero attached hydrogens (tertiary/aromatic N) is 1. The van der Waals surface area contributed by atoms with Crippen LogP contribution in [0.3, 0.4) is 0 Å². The van der Waals surface area contributed by atoms with Crippen LogP contribution < -0.4 is 16.0 Å². The molecule has 27 heavy (non-hydrogen) atoms. The zero-order chi connectivity index (χ0) is 18.8. The molecule has 1 aromatic heterocycles. The Morgan fingerprint density at radius 2 is 1.67 bits per heavy atom. The van der Waals surface area contributed by atoms with E-state index in [4.69, 9.17) is 16.3 Å². The quantitative estimate of drug-likeness (QED) is 0.645. The van der Waals surface area contributed by atoms with Gasteiger partial charge in [0.2, 0.25) is 5.91 Å². The monoisotopic (exact) mass is 392 g/mol. The number of ether oxygens (including phenoxy) is 1. The maximum Gasteiger partial charge on any atom is 0.255 e. The number of amides is 2. The number of anilines is 1. The highest BCUT2D eigenvalue weighted by atomic mass is 35.5. The first kappa shape index (κ1) is 18.5. The van der Waals surface area contributed by atoms with E-state index < -0.39 is 0 Å². The summed E-state index contributed by atoms with van der Waals surface area (Å²) in [6.07, 6.45) is 6.97. The van der Waals surface area contributed by atoms with Gasteiger partial charge in [0.05, 0.1) is 30.5 Å². The van der Waals surface area contributed by atoms with Crippen molar-refractivity contribution in [1.82, 2.24) is 15.6 Å². The summed E-state index contributed by atoms with van der Waals surface area (Å²) in [5, 5.41) is 9.81. The van der Waals surface area contributed by atoms with E-state index in [0.717, 1.165) is 38.5 Å². The molecule has 4 rings (SSSR count). The van der Waals surface area contributed by atoms with Crippen LogP contribution in [0.25, 0.3) is 0 Å². The second-order valence-corrected chi connectivity index (χ2v) is 8.12. The minimum Gasteiger partial charge on any atom is -0.377 e. The van der Waals surface area contributed by atoms with Crippen LogP contribution in [0, 0.1) is 5.92 Å². The molecule has 2 saturated carbocycles. The van der Waals surface area contributed by atoms with Crippen LogP contribution in [0.15, 0.2) is 12.3 Å². The van der Waals surface area contributed by atoms with E-state index in [9.17, 15) is 9.59 Å². The van der Waals surface area contributed by atoms with Crippen molar-refractivity contribution >= 4 is 29.1 Å². The van der Waals surface area contributed by atoms with E-state index in [-0.39, 0.29) is 29.8 Å². The largest absolute Gasteiger partial charge is 0.377 e. The molecule has 2 aliphatic carbocycles. The molecule has 7 nitrogen and oxygen atoms in total. The minimum absolute atomic E-state index is 0.0757. The zero-order valence-electron chi connectivity index (χ0n) is 15.2. The molecule has 3 N–H and O–H groups in total. The predicted molar refractivity (Wildman–Crippen MR) is 102 cm³/mol. The van der Waals surface area contributed by atoms with E-state index in [0.29, 0.717) is 35.7 Å². The smallest absolute Gasteiger partial charge is 0.255 e. The minimum atomic E-state index is -0.159. The maximum atomic E-state index is 12.8. The van der Waals surface area contributed by atoms with E-state index >= 15 is 0 Å². The van der Waals surface area contributed by atoms with Gasteiger partial charge in [0.1, 0.15) is 5.15 Å². The van der Waals surface area contributed by atoms with Crippen LogP contribution in [0.1, 0.15) is 48.9 Å². The van der Waals surface area contributed by atoms with Gasteiger partial charge >= 0.3 is 0 Å². The summed E-state index contributed by atoms with van der Waals surface area (Å²) >= 11 is 5.99. The molecular formula is C19H25ClN4O3. The van der Waals surface area contributed by atoms with Gasteiger partial charge in [0.25, 0.3) is 5.91 Å². The molecule has 3 fully saturated rings. The molecular weight excluding hydrogens is 368 g/mol. The number of hydrogen-bond donors (Lipinski definition) is 3. The molecule has 2 heterocycles. The summed E-state index contributed by atoms with van der Waals surface area (Å²) in [5.41, 5.74) is 1.16. The molecule has 2 amide bonds. The fourth-order valence-corrected chi connectivity index (χ4v) is 3.74. The van der Waals surface area contributed by atoms with Crippen LogP contribution in [0.5, 0.6) is 0 Å². The standard InChI is InChI=1S/C19H25ClN4O3/c20-17-7-16(22-14-9-27-10-14)15(8-21-17)19(26)24-12-3-1-11(2-4-12)18(25)23-13-5-6-13/h7-8,11-14H,1-6,9-10H2,(H,21,22)(H,23,25)(H,24,26)/t11-,12-. The van der Waals surface area contributed by atoms with Crippen molar-refractivity contribution in [3.05, 3.63) is 23.0 Å². The molecule has 1 aliphatic heterocycles. The van der Waals surface area contributed by atoms with Gasteiger partial charge in [0.15, 0.2) is 0 Å². The highest BCUT2D eigenvalue weighted by molar-refractivity contribution is 6.29. The Bertz CT molecular complexity index is 713. The Kier molecular flexibility index (Phi) is 5.50. The number of carbonyl (C=O) groups excluding carboxylic acids is 2. The van der Waals surface area contributed by atoms with Crippen molar-refractivity contribution in [2.45, 2.75) is 56.7 Å². The van der Waals surface area contributed by atoms with Crippen LogP contribution >= 0.6 is 11.6 Å². The lowest BCUT2D eigenvalue weighted by atomic mass is 9.85. The molecule has 3 aliphatic rings. The third-order valence-electron chi connectivity index (χ3n) is 5.47. The summed E-state index contributed by atoms with van der Waals surface area (Å²) in [4.78, 5) is 29.0. The number of aromatic nitrogens is 1. The summed E-state index contributed by atoms with van der Waals surface area (Å²) in [6, 6.07) is 2.35. The van der Waals surface area contributed by atoms with Crippen molar-refractivity contribution in [2.24, 2.45) is 5.92 Å². The lowest BCUT2D eigenvalue weighted by Gasteiger charge is -2.30. The number of carbonyl (C=O) groups is 2. The molecule has 0 atom stereocenters. The van der Waals surface area contributed by atoms with E-state index in [1.54, 1.807) is 6.07 Å². The van der Waals surface area contributed by atoms with Crippen LogP contribution in [-0.4, -0.2) is 48.1 Å². The number of nitrogens with one attached hydrogen (secondary N) is 3. The number of rotatable bonds is 6. The summed E-state index contributed by atoms with van der Waals surface area (Å²) in [5.74, 6) is 0.0953. The van der Waals surface area contributed by atoms with Crippen LogP contribution in [0.4, 0.5) is 5.69 Å². The number of halogens is 1. The van der Waals surface area contributed by atoms with Crippen molar-refractivity contribution in [3.8, 4) is 0 Å². The average molecular weight is 393 g/mol. The first-order valence-electron chi connectivity index (χ1n) is 9.69. The molecule has 1 saturated heterocycles. The molecule has 0 spiro atoms. The van der Waals surface area contributed by atoms with Crippen LogP contribution in [-0.2, 0) is 9.53 Å². The van der Waals surface area contributed by atoms with Crippen LogP contribution in [0.2, 0.25) is 5.15 Å². The summed E-state index contributed by atoms with van der Waals surface area (Å²) < 4.78 is 5.17. The Balaban J connectivity index is 1.32. The highest BCUT2D eigenvalue weighted by Gasteiger charge is 2.31. The molecule has 0 aromatic carbocycles. The van der Waals surface area contributed by atoms with Gasteiger partial charge in [-0.1, -0.05) is 11.6 Å². The maximum absolute atomic E-state index is 12.8. The lowest BCUT2D eigenvalue weighted by Crippen LogP contribution is -2.42. The van der Waals surface area contributed by atoms with E-state index in [1.165, 1.54) is 6.20 Å². The highest BCUT2D eigenvalue weighted by Crippen LogP contribution is 2.28. The average Bonchev–Trinajstić information content (AvgIpc) is 3.42. The molecule has 0 unspecified atom stereocenters. The Labute approximate surface area is 163 Å². The molecule has 0 bridgehead atoms. The number of hydrogen-bond acceptors (Lipinski definition) is 5. The molecule has 0 radical (unpaired) electrons. The van der Waals surface area contributed by atoms with Gasteiger partial charge in [-0.3, -0.25) is 9.59 Å². The van der Waals surface area contributed by atoms with E-state index in [2.05, 4.69) is 20.9 Å². The Morgan fingerprint density at radius 1 is 1.00 bits per heavy atom. The summed E-state index contributed by atoms with van der Waals surface area (Å²) in [7, 11) is 0. The fraction of sp³-hybridized carbons (Fsp3) is 0.632. The first-order valence-corrected chi connectivity index (χ1v) is 10.1. The van der Waals surface area contributed by atoms with Gasteiger partial charge in [-0.25, -0.2) is 4.98 Å². The zero-order valence-corrected chi connectivity index (χ0v) is 15.9. The Hall–Kier alpha value is -1.86. The lowest BCUT2D eigenvalue weighted by molar-refractivity contribution is -0.126. The van der Waals surface area contributed by atoms with Crippen molar-refractivity contribution < 1.29 is 14.3 Å². The molecule has 146 valence electrons. The second-order valence-electron chi connectivity index (χ2n) is 7.74. The summed E-state index contributed by atoms with van der Waals surface area (Å²) in [6.45, 7) is 1.24. The molecule has 8 heteroatoms. The SMILES string of the molecule is O=C(N[C@H]1CC[C@H](C(=O)NC2CC2)CC1)c1cnc(Cl)cc1NC1COC1. The van der Waals surface area contributed by atoms with Gasteiger partial charge < -0.3 is 20.7 Å². The topological polar surface area (TPSA) is 92.4 Å². The van der Waals surface area contributed by atoms with Crippen molar-refractivity contribution in [2.75, 3.05) is 18.5 Å². The first-order chi connectivity index (χ1) is 13.1. The van der Waals surface area contributed by atoms with Gasteiger partial charge in [-0.2, -0.15) is 0 Å². The predicted octanol–water partition coefficient (Wildman–Crippen LogP) is 2.11. The normalized spacial score (nSPS) is 25.4. The number of pyridine rings is 1. The second kappa shape index (κ2) is 8.02. The third-order valence-corrected chi connectivity index (χ3v) is 5.68. The Morgan fingerprint density at radius 3 is 2.30 bits per heavy atom. The van der Waals surface area contributed by atoms with Crippen molar-refractivity contribution in [3.63, 3.8) is 0 Å².